The number of hydrogen-bond donors (Lipinski definition) is 3. The Morgan fingerprint density at radius 3 is 2.56 bits per heavy atom. The fourth-order valence-electron chi connectivity index (χ4n) is 2.03. The van der Waals surface area contributed by atoms with Gasteiger partial charge in [0.2, 0.25) is 0 Å². The number of nitrogens with one attached hydrogen (secondary N) is 1. The Bertz CT molecular complexity index is 339. The zero-order chi connectivity index (χ0) is 11.5. The van der Waals surface area contributed by atoms with Gasteiger partial charge in [0.25, 0.3) is 0 Å². The van der Waals surface area contributed by atoms with Gasteiger partial charge in [-0.05, 0) is 30.7 Å². The van der Waals surface area contributed by atoms with Gasteiger partial charge < -0.3 is 20.3 Å². The molecule has 3 atom stereocenters. The zero-order valence-corrected chi connectivity index (χ0v) is 9.26. The summed E-state index contributed by atoms with van der Waals surface area (Å²) in [4.78, 5) is 0. The second-order valence-corrected chi connectivity index (χ2v) is 4.05. The predicted octanol–water partition coefficient (Wildman–Crippen LogP) is 0.451. The van der Waals surface area contributed by atoms with Gasteiger partial charge in [-0.15, -0.1) is 0 Å². The molecule has 1 aliphatic heterocycles. The van der Waals surface area contributed by atoms with E-state index in [-0.39, 0.29) is 6.04 Å². The fraction of sp³-hybridized carbons (Fsp3) is 0.500. The number of piperidine rings is 1. The zero-order valence-electron chi connectivity index (χ0n) is 9.26. The summed E-state index contributed by atoms with van der Waals surface area (Å²) in [5, 5.41) is 22.7. The molecule has 0 unspecified atom stereocenters. The van der Waals surface area contributed by atoms with Crippen molar-refractivity contribution in [1.82, 2.24) is 5.32 Å². The molecule has 88 valence electrons. The number of ether oxygens (including phenoxy) is 1. The Balaban J connectivity index is 2.15. The summed E-state index contributed by atoms with van der Waals surface area (Å²) in [5.41, 5.74) is 0.965. The third-order valence-corrected chi connectivity index (χ3v) is 3.02. The number of hydrogen-bond acceptors (Lipinski definition) is 4. The molecule has 4 nitrogen and oxygen atoms in total. The highest BCUT2D eigenvalue weighted by Gasteiger charge is 2.30. The number of benzene rings is 1. The van der Waals surface area contributed by atoms with Crippen LogP contribution in [0.5, 0.6) is 5.75 Å². The molecule has 0 aromatic heterocycles. The van der Waals surface area contributed by atoms with Crippen LogP contribution in [-0.2, 0) is 0 Å². The number of rotatable bonds is 2. The molecule has 0 bridgehead atoms. The lowest BCUT2D eigenvalue weighted by Gasteiger charge is -2.33. The van der Waals surface area contributed by atoms with Crippen LogP contribution in [0.15, 0.2) is 24.3 Å². The summed E-state index contributed by atoms with van der Waals surface area (Å²) >= 11 is 0. The molecule has 1 aliphatic rings. The smallest absolute Gasteiger partial charge is 0.118 e. The molecular weight excluding hydrogens is 206 g/mol. The summed E-state index contributed by atoms with van der Waals surface area (Å²) in [6.45, 7) is 0.717. The molecule has 1 heterocycles. The first-order valence-corrected chi connectivity index (χ1v) is 5.46. The fourth-order valence-corrected chi connectivity index (χ4v) is 2.03. The summed E-state index contributed by atoms with van der Waals surface area (Å²) in [6.07, 6.45) is -0.802. The maximum Gasteiger partial charge on any atom is 0.118 e. The van der Waals surface area contributed by atoms with Gasteiger partial charge in [-0.2, -0.15) is 0 Å². The first kappa shape index (κ1) is 11.4. The van der Waals surface area contributed by atoms with Crippen molar-refractivity contribution in [2.45, 2.75) is 24.7 Å². The normalized spacial score (nSPS) is 30.1. The second kappa shape index (κ2) is 4.82. The molecule has 0 aliphatic carbocycles. The number of methoxy groups -OCH3 is 1. The van der Waals surface area contributed by atoms with E-state index in [1.165, 1.54) is 0 Å². The van der Waals surface area contributed by atoms with Crippen molar-refractivity contribution >= 4 is 0 Å². The minimum atomic E-state index is -0.748. The van der Waals surface area contributed by atoms with Crippen molar-refractivity contribution in [2.75, 3.05) is 13.7 Å². The van der Waals surface area contributed by atoms with Crippen molar-refractivity contribution in [3.05, 3.63) is 29.8 Å². The van der Waals surface area contributed by atoms with E-state index in [0.717, 1.165) is 17.9 Å². The third kappa shape index (κ3) is 2.19. The van der Waals surface area contributed by atoms with Crippen molar-refractivity contribution in [3.8, 4) is 5.75 Å². The summed E-state index contributed by atoms with van der Waals surface area (Å²) in [5.74, 6) is 0.787. The molecule has 2 rings (SSSR count). The average Bonchev–Trinajstić information content (AvgIpc) is 2.33. The molecule has 0 saturated carbocycles. The number of aliphatic hydroxyl groups excluding tert-OH is 2. The summed E-state index contributed by atoms with van der Waals surface area (Å²) < 4.78 is 5.07. The van der Waals surface area contributed by atoms with E-state index in [2.05, 4.69) is 5.32 Å². The van der Waals surface area contributed by atoms with E-state index in [1.807, 2.05) is 24.3 Å². The van der Waals surface area contributed by atoms with E-state index in [9.17, 15) is 10.2 Å². The summed E-state index contributed by atoms with van der Waals surface area (Å²) in [7, 11) is 1.62. The first-order valence-electron chi connectivity index (χ1n) is 5.46. The monoisotopic (exact) mass is 223 g/mol. The summed E-state index contributed by atoms with van der Waals surface area (Å²) in [6, 6.07) is 7.31. The molecule has 0 amide bonds. The molecule has 16 heavy (non-hydrogen) atoms. The van der Waals surface area contributed by atoms with Crippen molar-refractivity contribution in [3.63, 3.8) is 0 Å². The Labute approximate surface area is 94.9 Å². The van der Waals surface area contributed by atoms with Gasteiger partial charge in [0.1, 0.15) is 5.75 Å². The van der Waals surface area contributed by atoms with Crippen LogP contribution in [0.3, 0.4) is 0 Å². The molecule has 1 fully saturated rings. The highest BCUT2D eigenvalue weighted by molar-refractivity contribution is 5.30. The van der Waals surface area contributed by atoms with Crippen LogP contribution < -0.4 is 10.1 Å². The van der Waals surface area contributed by atoms with Gasteiger partial charge in [0, 0.05) is 0 Å². The van der Waals surface area contributed by atoms with E-state index in [0.29, 0.717) is 6.42 Å². The lowest BCUT2D eigenvalue weighted by molar-refractivity contribution is -0.0271. The molecule has 0 spiro atoms. The predicted molar refractivity (Wildman–Crippen MR) is 60.4 cm³/mol. The Morgan fingerprint density at radius 2 is 1.94 bits per heavy atom. The molecule has 3 N–H and O–H groups in total. The van der Waals surface area contributed by atoms with Crippen molar-refractivity contribution in [2.24, 2.45) is 0 Å². The molecule has 0 radical (unpaired) electrons. The second-order valence-electron chi connectivity index (χ2n) is 4.05. The molecule has 4 heteroatoms. The highest BCUT2D eigenvalue weighted by Crippen LogP contribution is 2.25. The highest BCUT2D eigenvalue weighted by atomic mass is 16.5. The van der Waals surface area contributed by atoms with Gasteiger partial charge in [0.05, 0.1) is 25.4 Å². The quantitative estimate of drug-likeness (QED) is 0.681. The third-order valence-electron chi connectivity index (χ3n) is 3.02. The van der Waals surface area contributed by atoms with E-state index < -0.39 is 12.2 Å². The van der Waals surface area contributed by atoms with Gasteiger partial charge in [-0.25, -0.2) is 0 Å². The van der Waals surface area contributed by atoms with Crippen LogP contribution in [0.2, 0.25) is 0 Å². The maximum absolute atomic E-state index is 9.87. The van der Waals surface area contributed by atoms with Gasteiger partial charge in [-0.3, -0.25) is 0 Å². The average molecular weight is 223 g/mol. The molecule has 1 aromatic carbocycles. The minimum absolute atomic E-state index is 0.199. The maximum atomic E-state index is 9.87. The van der Waals surface area contributed by atoms with Crippen LogP contribution in [0.4, 0.5) is 0 Å². The Morgan fingerprint density at radius 1 is 1.25 bits per heavy atom. The van der Waals surface area contributed by atoms with Crippen molar-refractivity contribution < 1.29 is 14.9 Å². The Kier molecular flexibility index (Phi) is 3.43. The van der Waals surface area contributed by atoms with Crippen molar-refractivity contribution in [1.29, 1.82) is 0 Å². The van der Waals surface area contributed by atoms with Gasteiger partial charge in [-0.1, -0.05) is 12.1 Å². The topological polar surface area (TPSA) is 61.7 Å². The lowest BCUT2D eigenvalue weighted by Crippen LogP contribution is -2.46. The van der Waals surface area contributed by atoms with Crippen LogP contribution in [0, 0.1) is 0 Å². The number of aliphatic hydroxyl groups is 2. The van der Waals surface area contributed by atoms with E-state index in [1.54, 1.807) is 7.11 Å². The lowest BCUT2D eigenvalue weighted by atomic mass is 9.92. The van der Waals surface area contributed by atoms with Gasteiger partial charge >= 0.3 is 0 Å². The van der Waals surface area contributed by atoms with Crippen LogP contribution in [0.1, 0.15) is 18.0 Å². The van der Waals surface area contributed by atoms with E-state index >= 15 is 0 Å². The molecule has 1 saturated heterocycles. The first-order chi connectivity index (χ1) is 7.72. The Hall–Kier alpha value is -1.10. The molecule has 1 aromatic rings. The molecular formula is C12H17NO3. The van der Waals surface area contributed by atoms with Crippen LogP contribution in [-0.4, -0.2) is 36.1 Å². The standard InChI is InChI=1S/C12H17NO3/c1-16-9-4-2-8(3-5-9)11-12(15)10(14)6-7-13-11/h2-5,10-15H,6-7H2,1H3/t10-,11+,12+/m0/s1. The van der Waals surface area contributed by atoms with Gasteiger partial charge in [0.15, 0.2) is 0 Å². The largest absolute Gasteiger partial charge is 0.497 e. The van der Waals surface area contributed by atoms with Crippen LogP contribution in [0.25, 0.3) is 0 Å². The minimum Gasteiger partial charge on any atom is -0.497 e. The van der Waals surface area contributed by atoms with Crippen LogP contribution >= 0.6 is 0 Å². The SMILES string of the molecule is COc1ccc([C@H]2NCC[C@H](O)[C@H]2O)cc1. The van der Waals surface area contributed by atoms with E-state index in [4.69, 9.17) is 4.74 Å².